The van der Waals surface area contributed by atoms with Gasteiger partial charge in [-0.05, 0) is 56.9 Å². The molecule has 0 saturated heterocycles. The maximum absolute atomic E-state index is 13.0. The van der Waals surface area contributed by atoms with Crippen molar-refractivity contribution in [2.45, 2.75) is 41.2 Å². The molecule has 1 N–H and O–H groups in total. The largest absolute Gasteiger partial charge is 0.392 e. The predicted molar refractivity (Wildman–Crippen MR) is 85.9 cm³/mol. The number of aryl methyl sites for hydroxylation is 5. The average Bonchev–Trinajstić information content (AvgIpc) is 2.35. The van der Waals surface area contributed by atoms with Gasteiger partial charge < -0.3 is 5.11 Å². The molecule has 2 aromatic carbocycles. The minimum absolute atomic E-state index is 0.00606. The Hall–Kier alpha value is -1.93. The molecule has 110 valence electrons. The topological polar surface area (TPSA) is 37.3 Å². The molecule has 0 aliphatic heterocycles. The normalized spacial score (nSPS) is 10.8. The Morgan fingerprint density at radius 2 is 1.24 bits per heavy atom. The number of carbonyl (C=O) groups excluding carboxylic acids is 1. The lowest BCUT2D eigenvalue weighted by Crippen LogP contribution is -2.12. The van der Waals surface area contributed by atoms with E-state index in [4.69, 9.17) is 0 Å². The monoisotopic (exact) mass is 282 g/mol. The van der Waals surface area contributed by atoms with Crippen molar-refractivity contribution in [3.63, 3.8) is 0 Å². The van der Waals surface area contributed by atoms with Crippen LogP contribution in [-0.4, -0.2) is 10.9 Å². The Balaban J connectivity index is 2.66. The Bertz CT molecular complexity index is 689. The van der Waals surface area contributed by atoms with Crippen molar-refractivity contribution < 1.29 is 9.90 Å². The quantitative estimate of drug-likeness (QED) is 0.865. The van der Waals surface area contributed by atoms with E-state index in [1.54, 1.807) is 0 Å². The van der Waals surface area contributed by atoms with E-state index in [1.165, 1.54) is 0 Å². The summed E-state index contributed by atoms with van der Waals surface area (Å²) < 4.78 is 0. The molecule has 0 unspecified atom stereocenters. The fraction of sp³-hybridized carbons (Fsp3) is 0.316. The van der Waals surface area contributed by atoms with Crippen LogP contribution in [-0.2, 0) is 6.61 Å². The van der Waals surface area contributed by atoms with Crippen molar-refractivity contribution in [3.05, 3.63) is 68.8 Å². The third-order valence-corrected chi connectivity index (χ3v) is 3.86. The summed E-state index contributed by atoms with van der Waals surface area (Å²) in [5, 5.41) is 9.59. The van der Waals surface area contributed by atoms with Crippen LogP contribution in [0.1, 0.15) is 49.3 Å². The van der Waals surface area contributed by atoms with E-state index in [0.29, 0.717) is 11.1 Å². The highest BCUT2D eigenvalue weighted by molar-refractivity contribution is 6.12. The third kappa shape index (κ3) is 2.91. The van der Waals surface area contributed by atoms with Gasteiger partial charge in [0.2, 0.25) is 0 Å². The number of benzene rings is 2. The molecule has 0 aliphatic rings. The minimum atomic E-state index is -0.118. The summed E-state index contributed by atoms with van der Waals surface area (Å²) >= 11 is 0. The molecular formula is C19H22O2. The van der Waals surface area contributed by atoms with Gasteiger partial charge in [-0.1, -0.05) is 35.4 Å². The lowest BCUT2D eigenvalue weighted by Gasteiger charge is -2.15. The second kappa shape index (κ2) is 5.82. The molecule has 2 nitrogen and oxygen atoms in total. The molecule has 21 heavy (non-hydrogen) atoms. The summed E-state index contributed by atoms with van der Waals surface area (Å²) in [4.78, 5) is 13.0. The molecule has 0 bridgehead atoms. The summed E-state index contributed by atoms with van der Waals surface area (Å²) in [5.41, 5.74) is 7.21. The Kier molecular flexibility index (Phi) is 4.29. The van der Waals surface area contributed by atoms with Crippen LogP contribution in [0, 0.1) is 34.6 Å². The SMILES string of the molecule is Cc1cc(C)c(C(=O)c2c(C)cc(C)cc2CO)c(C)c1. The molecule has 0 saturated carbocycles. The number of hydrogen-bond donors (Lipinski definition) is 1. The van der Waals surface area contributed by atoms with Gasteiger partial charge in [-0.3, -0.25) is 4.79 Å². The van der Waals surface area contributed by atoms with Crippen molar-refractivity contribution in [1.82, 2.24) is 0 Å². The Labute approximate surface area is 126 Å². The van der Waals surface area contributed by atoms with Crippen molar-refractivity contribution in [1.29, 1.82) is 0 Å². The maximum atomic E-state index is 13.0. The summed E-state index contributed by atoms with van der Waals surface area (Å²) in [5.74, 6) is 0.00606. The first-order chi connectivity index (χ1) is 9.85. The molecular weight excluding hydrogens is 260 g/mol. The number of hydrogen-bond acceptors (Lipinski definition) is 2. The van der Waals surface area contributed by atoms with Gasteiger partial charge in [0.15, 0.2) is 5.78 Å². The predicted octanol–water partition coefficient (Wildman–Crippen LogP) is 3.95. The second-order valence-corrected chi connectivity index (χ2v) is 5.88. The molecule has 0 radical (unpaired) electrons. The van der Waals surface area contributed by atoms with Crippen LogP contribution in [0.2, 0.25) is 0 Å². The number of aliphatic hydroxyl groups excluding tert-OH is 1. The zero-order valence-electron chi connectivity index (χ0n) is 13.4. The molecule has 0 amide bonds. The number of rotatable bonds is 3. The minimum Gasteiger partial charge on any atom is -0.392 e. The molecule has 0 atom stereocenters. The molecule has 0 fully saturated rings. The van der Waals surface area contributed by atoms with Crippen molar-refractivity contribution in [3.8, 4) is 0 Å². The van der Waals surface area contributed by atoms with E-state index < -0.39 is 0 Å². The van der Waals surface area contributed by atoms with E-state index in [1.807, 2.05) is 58.9 Å². The summed E-state index contributed by atoms with van der Waals surface area (Å²) in [6, 6.07) is 7.94. The van der Waals surface area contributed by atoms with Gasteiger partial charge in [-0.15, -0.1) is 0 Å². The van der Waals surface area contributed by atoms with E-state index in [0.717, 1.165) is 33.4 Å². The van der Waals surface area contributed by atoms with E-state index >= 15 is 0 Å². The lowest BCUT2D eigenvalue weighted by atomic mass is 9.88. The number of aliphatic hydroxyl groups is 1. The third-order valence-electron chi connectivity index (χ3n) is 3.86. The summed E-state index contributed by atoms with van der Waals surface area (Å²) in [6.45, 7) is 9.75. The smallest absolute Gasteiger partial charge is 0.194 e. The molecule has 2 heteroatoms. The molecule has 0 heterocycles. The molecule has 2 rings (SSSR count). The van der Waals surface area contributed by atoms with E-state index in [9.17, 15) is 9.90 Å². The lowest BCUT2D eigenvalue weighted by molar-refractivity contribution is 0.103. The van der Waals surface area contributed by atoms with Gasteiger partial charge in [-0.25, -0.2) is 0 Å². The zero-order chi connectivity index (χ0) is 15.7. The zero-order valence-corrected chi connectivity index (χ0v) is 13.4. The van der Waals surface area contributed by atoms with E-state index in [-0.39, 0.29) is 12.4 Å². The van der Waals surface area contributed by atoms with Crippen LogP contribution in [0.25, 0.3) is 0 Å². The first kappa shape index (κ1) is 15.5. The fourth-order valence-electron chi connectivity index (χ4n) is 3.17. The Morgan fingerprint density at radius 3 is 1.71 bits per heavy atom. The first-order valence-corrected chi connectivity index (χ1v) is 7.18. The van der Waals surface area contributed by atoms with Gasteiger partial charge in [0.1, 0.15) is 0 Å². The van der Waals surface area contributed by atoms with Gasteiger partial charge in [0, 0.05) is 11.1 Å². The van der Waals surface area contributed by atoms with E-state index in [2.05, 4.69) is 0 Å². The average molecular weight is 282 g/mol. The van der Waals surface area contributed by atoms with Crippen LogP contribution in [0.5, 0.6) is 0 Å². The van der Waals surface area contributed by atoms with Crippen molar-refractivity contribution in [2.24, 2.45) is 0 Å². The first-order valence-electron chi connectivity index (χ1n) is 7.18. The van der Waals surface area contributed by atoms with Gasteiger partial charge >= 0.3 is 0 Å². The molecule has 0 spiro atoms. The number of carbonyl (C=O) groups is 1. The van der Waals surface area contributed by atoms with Crippen LogP contribution < -0.4 is 0 Å². The Morgan fingerprint density at radius 1 is 0.810 bits per heavy atom. The van der Waals surface area contributed by atoms with Crippen LogP contribution >= 0.6 is 0 Å². The van der Waals surface area contributed by atoms with Gasteiger partial charge in [-0.2, -0.15) is 0 Å². The second-order valence-electron chi connectivity index (χ2n) is 5.88. The van der Waals surface area contributed by atoms with Crippen LogP contribution in [0.3, 0.4) is 0 Å². The van der Waals surface area contributed by atoms with Crippen LogP contribution in [0.15, 0.2) is 24.3 Å². The summed E-state index contributed by atoms with van der Waals surface area (Å²) in [6.07, 6.45) is 0. The highest BCUT2D eigenvalue weighted by Crippen LogP contribution is 2.25. The highest BCUT2D eigenvalue weighted by Gasteiger charge is 2.20. The highest BCUT2D eigenvalue weighted by atomic mass is 16.3. The fourth-order valence-corrected chi connectivity index (χ4v) is 3.17. The van der Waals surface area contributed by atoms with Gasteiger partial charge in [0.25, 0.3) is 0 Å². The number of ketones is 1. The molecule has 0 aliphatic carbocycles. The van der Waals surface area contributed by atoms with Crippen molar-refractivity contribution >= 4 is 5.78 Å². The van der Waals surface area contributed by atoms with Crippen molar-refractivity contribution in [2.75, 3.05) is 0 Å². The van der Waals surface area contributed by atoms with Crippen LogP contribution in [0.4, 0.5) is 0 Å². The van der Waals surface area contributed by atoms with Gasteiger partial charge in [0.05, 0.1) is 6.61 Å². The molecule has 2 aromatic rings. The summed E-state index contributed by atoms with van der Waals surface area (Å²) in [7, 11) is 0. The maximum Gasteiger partial charge on any atom is 0.194 e. The standard InChI is InChI=1S/C19H22O2/c1-11-6-13(3)17(14(4)7-11)19(21)18-15(5)8-12(2)9-16(18)10-20/h6-9,20H,10H2,1-5H3. The molecule has 0 aromatic heterocycles.